The van der Waals surface area contributed by atoms with Gasteiger partial charge in [-0.25, -0.2) is 4.39 Å². The van der Waals surface area contributed by atoms with E-state index in [1.165, 1.54) is 24.3 Å². The third-order valence-corrected chi connectivity index (χ3v) is 4.17. The number of aliphatic hydroxyl groups is 1. The van der Waals surface area contributed by atoms with Gasteiger partial charge in [0.1, 0.15) is 11.9 Å². The molecule has 3 N–H and O–H groups in total. The third-order valence-electron chi connectivity index (χ3n) is 4.17. The summed E-state index contributed by atoms with van der Waals surface area (Å²) >= 11 is 0. The van der Waals surface area contributed by atoms with E-state index in [0.717, 1.165) is 5.56 Å². The highest BCUT2D eigenvalue weighted by Crippen LogP contribution is 2.15. The summed E-state index contributed by atoms with van der Waals surface area (Å²) < 4.78 is 18.4. The lowest BCUT2D eigenvalue weighted by Crippen LogP contribution is -2.44. The van der Waals surface area contributed by atoms with Gasteiger partial charge in [0.2, 0.25) is 0 Å². The monoisotopic (exact) mass is 345 g/mol. The van der Waals surface area contributed by atoms with E-state index in [1.54, 1.807) is 12.4 Å². The van der Waals surface area contributed by atoms with Gasteiger partial charge in [0.05, 0.1) is 18.8 Å². The Hall–Kier alpha value is -2.35. The quantitative estimate of drug-likeness (QED) is 0.724. The lowest BCUT2D eigenvalue weighted by molar-refractivity contribution is 0.0398. The predicted molar refractivity (Wildman–Crippen MR) is 89.3 cm³/mol. The van der Waals surface area contributed by atoms with Crippen LogP contribution >= 0.6 is 0 Å². The Morgan fingerprint density at radius 1 is 1.24 bits per heavy atom. The SMILES string of the molecule is O=C(NC[C@H]1OC[C@@H](NCc2ccncc2)[C@@H]1O)c1ccc(F)cc1. The van der Waals surface area contributed by atoms with E-state index in [-0.39, 0.29) is 18.5 Å². The number of ether oxygens (including phenoxy) is 1. The van der Waals surface area contributed by atoms with E-state index >= 15 is 0 Å². The van der Waals surface area contributed by atoms with Crippen LogP contribution in [0.5, 0.6) is 0 Å². The number of pyridine rings is 1. The van der Waals surface area contributed by atoms with Gasteiger partial charge in [0.25, 0.3) is 5.91 Å². The highest BCUT2D eigenvalue weighted by atomic mass is 19.1. The van der Waals surface area contributed by atoms with E-state index in [0.29, 0.717) is 18.7 Å². The molecule has 25 heavy (non-hydrogen) atoms. The normalized spacial score (nSPS) is 22.7. The van der Waals surface area contributed by atoms with Crippen LogP contribution < -0.4 is 10.6 Å². The molecule has 1 amide bonds. The zero-order chi connectivity index (χ0) is 17.6. The fourth-order valence-electron chi connectivity index (χ4n) is 2.69. The molecule has 1 saturated heterocycles. The molecule has 1 aromatic carbocycles. The van der Waals surface area contributed by atoms with Crippen LogP contribution in [-0.4, -0.2) is 47.4 Å². The molecule has 2 aromatic rings. The Kier molecular flexibility index (Phi) is 5.70. The first kappa shape index (κ1) is 17.5. The van der Waals surface area contributed by atoms with Gasteiger partial charge >= 0.3 is 0 Å². The predicted octanol–water partition coefficient (Wildman–Crippen LogP) is 0.869. The number of nitrogens with zero attached hydrogens (tertiary/aromatic N) is 1. The van der Waals surface area contributed by atoms with Crippen LogP contribution in [0.4, 0.5) is 4.39 Å². The number of hydrogen-bond acceptors (Lipinski definition) is 5. The molecule has 1 fully saturated rings. The fourth-order valence-corrected chi connectivity index (χ4v) is 2.69. The first-order valence-electron chi connectivity index (χ1n) is 8.09. The number of hydrogen-bond donors (Lipinski definition) is 3. The maximum absolute atomic E-state index is 12.9. The molecule has 0 spiro atoms. The summed E-state index contributed by atoms with van der Waals surface area (Å²) in [6, 6.07) is 8.88. The summed E-state index contributed by atoms with van der Waals surface area (Å²) in [7, 11) is 0. The summed E-state index contributed by atoms with van der Waals surface area (Å²) in [6.07, 6.45) is 2.22. The second kappa shape index (κ2) is 8.15. The van der Waals surface area contributed by atoms with E-state index < -0.39 is 18.0 Å². The molecule has 1 aliphatic heterocycles. The molecule has 2 heterocycles. The molecule has 3 rings (SSSR count). The Morgan fingerprint density at radius 2 is 1.96 bits per heavy atom. The lowest BCUT2D eigenvalue weighted by Gasteiger charge is -2.19. The fraction of sp³-hybridized carbons (Fsp3) is 0.333. The van der Waals surface area contributed by atoms with Crippen LogP contribution in [-0.2, 0) is 11.3 Å². The summed E-state index contributed by atoms with van der Waals surface area (Å²) in [5.74, 6) is -0.724. The van der Waals surface area contributed by atoms with Crippen molar-refractivity contribution in [3.63, 3.8) is 0 Å². The number of carbonyl (C=O) groups excluding carboxylic acids is 1. The molecule has 1 aliphatic rings. The Bertz CT molecular complexity index is 696. The van der Waals surface area contributed by atoms with Gasteiger partial charge < -0.3 is 20.5 Å². The van der Waals surface area contributed by atoms with Crippen molar-refractivity contribution in [3.8, 4) is 0 Å². The summed E-state index contributed by atoms with van der Waals surface area (Å²) in [4.78, 5) is 16.0. The van der Waals surface area contributed by atoms with Crippen molar-refractivity contribution >= 4 is 5.91 Å². The highest BCUT2D eigenvalue weighted by molar-refractivity contribution is 5.94. The molecule has 1 aromatic heterocycles. The maximum Gasteiger partial charge on any atom is 0.251 e. The molecular weight excluding hydrogens is 325 g/mol. The molecule has 0 radical (unpaired) electrons. The number of aliphatic hydroxyl groups excluding tert-OH is 1. The van der Waals surface area contributed by atoms with Gasteiger partial charge in [-0.05, 0) is 42.0 Å². The minimum atomic E-state index is -0.727. The Labute approximate surface area is 145 Å². The maximum atomic E-state index is 12.9. The second-order valence-corrected chi connectivity index (χ2v) is 5.92. The molecule has 3 atom stereocenters. The first-order valence-corrected chi connectivity index (χ1v) is 8.09. The summed E-state index contributed by atoms with van der Waals surface area (Å²) in [5.41, 5.74) is 1.43. The lowest BCUT2D eigenvalue weighted by atomic mass is 10.1. The standard InChI is InChI=1S/C18H20FN3O3/c19-14-3-1-13(2-4-14)18(24)22-10-16-17(23)15(11-25-16)21-9-12-5-7-20-8-6-12/h1-8,15-17,21,23H,9-11H2,(H,22,24)/t15-,16-,17+/m1/s1. The third kappa shape index (κ3) is 4.60. The minimum Gasteiger partial charge on any atom is -0.389 e. The van der Waals surface area contributed by atoms with Crippen molar-refractivity contribution < 1.29 is 19.0 Å². The van der Waals surface area contributed by atoms with Gasteiger partial charge in [-0.15, -0.1) is 0 Å². The average Bonchev–Trinajstić information content (AvgIpc) is 2.99. The number of amides is 1. The Morgan fingerprint density at radius 3 is 2.68 bits per heavy atom. The van der Waals surface area contributed by atoms with E-state index in [9.17, 15) is 14.3 Å². The number of rotatable bonds is 6. The van der Waals surface area contributed by atoms with Gasteiger partial charge in [-0.1, -0.05) is 0 Å². The molecule has 0 saturated carbocycles. The van der Waals surface area contributed by atoms with Crippen molar-refractivity contribution in [2.75, 3.05) is 13.2 Å². The molecule has 0 bridgehead atoms. The molecule has 0 aliphatic carbocycles. The zero-order valence-electron chi connectivity index (χ0n) is 13.6. The second-order valence-electron chi connectivity index (χ2n) is 5.92. The largest absolute Gasteiger partial charge is 0.389 e. The number of aromatic nitrogens is 1. The smallest absolute Gasteiger partial charge is 0.251 e. The van der Waals surface area contributed by atoms with Crippen molar-refractivity contribution in [1.29, 1.82) is 0 Å². The molecule has 6 nitrogen and oxygen atoms in total. The van der Waals surface area contributed by atoms with Gasteiger partial charge in [0.15, 0.2) is 0 Å². The van der Waals surface area contributed by atoms with Crippen LogP contribution in [0, 0.1) is 5.82 Å². The van der Waals surface area contributed by atoms with Gasteiger partial charge in [0, 0.05) is 31.0 Å². The van der Waals surface area contributed by atoms with Crippen LogP contribution in [0.1, 0.15) is 15.9 Å². The van der Waals surface area contributed by atoms with Gasteiger partial charge in [-0.2, -0.15) is 0 Å². The molecule has 7 heteroatoms. The van der Waals surface area contributed by atoms with E-state index in [2.05, 4.69) is 15.6 Å². The van der Waals surface area contributed by atoms with Crippen LogP contribution in [0.3, 0.4) is 0 Å². The Balaban J connectivity index is 1.46. The number of benzene rings is 1. The van der Waals surface area contributed by atoms with Crippen LogP contribution in [0.25, 0.3) is 0 Å². The van der Waals surface area contributed by atoms with E-state index in [4.69, 9.17) is 4.74 Å². The summed E-state index contributed by atoms with van der Waals surface area (Å²) in [5, 5.41) is 16.3. The van der Waals surface area contributed by atoms with Crippen molar-refractivity contribution in [2.24, 2.45) is 0 Å². The van der Waals surface area contributed by atoms with Crippen LogP contribution in [0.2, 0.25) is 0 Å². The molecule has 0 unspecified atom stereocenters. The zero-order valence-corrected chi connectivity index (χ0v) is 13.6. The average molecular weight is 345 g/mol. The first-order chi connectivity index (χ1) is 12.1. The summed E-state index contributed by atoms with van der Waals surface area (Å²) in [6.45, 7) is 1.15. The number of carbonyl (C=O) groups is 1. The van der Waals surface area contributed by atoms with Crippen molar-refractivity contribution in [2.45, 2.75) is 24.8 Å². The highest BCUT2D eigenvalue weighted by Gasteiger charge is 2.35. The van der Waals surface area contributed by atoms with Gasteiger partial charge in [-0.3, -0.25) is 9.78 Å². The van der Waals surface area contributed by atoms with Crippen molar-refractivity contribution in [1.82, 2.24) is 15.6 Å². The number of nitrogens with one attached hydrogen (secondary N) is 2. The van der Waals surface area contributed by atoms with E-state index in [1.807, 2.05) is 12.1 Å². The minimum absolute atomic E-state index is 0.185. The topological polar surface area (TPSA) is 83.5 Å². The molecule has 132 valence electrons. The number of halogens is 1. The van der Waals surface area contributed by atoms with Crippen molar-refractivity contribution in [3.05, 3.63) is 65.7 Å². The van der Waals surface area contributed by atoms with Crippen LogP contribution in [0.15, 0.2) is 48.8 Å². The molecular formula is C18H20FN3O3.